The molecule has 0 saturated carbocycles. The largest absolute Gasteiger partial charge is 0.396 e. The summed E-state index contributed by atoms with van der Waals surface area (Å²) in [6.45, 7) is 3.89. The van der Waals surface area contributed by atoms with Gasteiger partial charge in [0.1, 0.15) is 5.82 Å². The van der Waals surface area contributed by atoms with E-state index in [1.165, 1.54) is 16.4 Å². The molecular formula is C19H22FNO3S. The van der Waals surface area contributed by atoms with Crippen molar-refractivity contribution in [3.8, 4) is 0 Å². The topological polar surface area (TPSA) is 57.6 Å². The molecule has 2 atom stereocenters. The predicted molar refractivity (Wildman–Crippen MR) is 94.1 cm³/mol. The van der Waals surface area contributed by atoms with E-state index in [2.05, 4.69) is 0 Å². The van der Waals surface area contributed by atoms with Crippen LogP contribution >= 0.6 is 0 Å². The van der Waals surface area contributed by atoms with Crippen molar-refractivity contribution in [3.05, 3.63) is 65.0 Å². The van der Waals surface area contributed by atoms with Crippen LogP contribution in [0.25, 0.3) is 0 Å². The third-order valence-electron chi connectivity index (χ3n) is 4.89. The molecule has 0 unspecified atom stereocenters. The van der Waals surface area contributed by atoms with Crippen molar-refractivity contribution in [1.82, 2.24) is 4.31 Å². The molecule has 25 heavy (non-hydrogen) atoms. The minimum atomic E-state index is -3.69. The molecule has 2 aromatic rings. The molecule has 6 heteroatoms. The Morgan fingerprint density at radius 3 is 2.44 bits per heavy atom. The molecule has 0 bridgehead atoms. The van der Waals surface area contributed by atoms with E-state index in [0.29, 0.717) is 18.5 Å². The zero-order chi connectivity index (χ0) is 18.2. The van der Waals surface area contributed by atoms with Gasteiger partial charge in [0.25, 0.3) is 0 Å². The minimum Gasteiger partial charge on any atom is -0.396 e. The van der Waals surface area contributed by atoms with Crippen LogP contribution in [0.3, 0.4) is 0 Å². The average molecular weight is 363 g/mol. The van der Waals surface area contributed by atoms with E-state index in [1.54, 1.807) is 37.3 Å². The molecule has 2 aromatic carbocycles. The van der Waals surface area contributed by atoms with Gasteiger partial charge in [0, 0.05) is 19.1 Å². The van der Waals surface area contributed by atoms with Gasteiger partial charge in [-0.2, -0.15) is 4.31 Å². The highest BCUT2D eigenvalue weighted by Gasteiger charge is 2.42. The van der Waals surface area contributed by atoms with E-state index in [4.69, 9.17) is 0 Å². The van der Waals surface area contributed by atoms with Gasteiger partial charge in [0.15, 0.2) is 0 Å². The van der Waals surface area contributed by atoms with Crippen molar-refractivity contribution in [2.24, 2.45) is 5.92 Å². The highest BCUT2D eigenvalue weighted by molar-refractivity contribution is 7.89. The second kappa shape index (κ2) is 6.86. The number of nitrogens with zero attached hydrogens (tertiary/aromatic N) is 1. The summed E-state index contributed by atoms with van der Waals surface area (Å²) in [5.74, 6) is -0.558. The molecule has 1 aliphatic rings. The molecule has 1 heterocycles. The van der Waals surface area contributed by atoms with Crippen molar-refractivity contribution >= 4 is 10.0 Å². The Bertz CT molecular complexity index is 865. The lowest BCUT2D eigenvalue weighted by Gasteiger charge is -2.28. The number of aliphatic hydroxyl groups is 1. The molecule has 1 fully saturated rings. The number of hydrogen-bond acceptors (Lipinski definition) is 3. The van der Waals surface area contributed by atoms with Crippen LogP contribution in [0.2, 0.25) is 0 Å². The number of sulfonamides is 1. The fraction of sp³-hybridized carbons (Fsp3) is 0.368. The van der Waals surface area contributed by atoms with Gasteiger partial charge in [0.05, 0.1) is 10.9 Å². The number of aryl methyl sites for hydroxylation is 2. The van der Waals surface area contributed by atoms with Gasteiger partial charge in [-0.1, -0.05) is 23.8 Å². The molecule has 0 radical (unpaired) electrons. The maximum Gasteiger partial charge on any atom is 0.243 e. The second-order valence-electron chi connectivity index (χ2n) is 6.61. The van der Waals surface area contributed by atoms with Gasteiger partial charge in [-0.15, -0.1) is 0 Å². The summed E-state index contributed by atoms with van der Waals surface area (Å²) in [6, 6.07) is 10.6. The number of halogens is 1. The van der Waals surface area contributed by atoms with E-state index < -0.39 is 16.1 Å². The predicted octanol–water partition coefficient (Wildman–Crippen LogP) is 3.19. The smallest absolute Gasteiger partial charge is 0.243 e. The standard InChI is InChI=1S/C19H22FNO3S/c1-13-3-6-17(7-4-13)25(23,24)21-10-9-15(12-22)19(21)18-8-5-16(20)11-14(18)2/h3-8,11,15,19,22H,9-10,12H2,1-2H3/t15-,19+/m0/s1. The zero-order valence-corrected chi connectivity index (χ0v) is 15.1. The summed E-state index contributed by atoms with van der Waals surface area (Å²) in [6.07, 6.45) is 0.572. The van der Waals surface area contributed by atoms with Gasteiger partial charge in [-0.3, -0.25) is 0 Å². The summed E-state index contributed by atoms with van der Waals surface area (Å²) in [5.41, 5.74) is 2.42. The van der Waals surface area contributed by atoms with Gasteiger partial charge >= 0.3 is 0 Å². The minimum absolute atomic E-state index is 0.110. The van der Waals surface area contributed by atoms with Crippen LogP contribution in [0.4, 0.5) is 4.39 Å². The lowest BCUT2D eigenvalue weighted by Crippen LogP contribution is -2.33. The number of rotatable bonds is 4. The molecule has 0 amide bonds. The third kappa shape index (κ3) is 3.34. The number of benzene rings is 2. The highest BCUT2D eigenvalue weighted by Crippen LogP contribution is 2.41. The van der Waals surface area contributed by atoms with Crippen LogP contribution in [-0.2, 0) is 10.0 Å². The van der Waals surface area contributed by atoms with Crippen LogP contribution in [0.15, 0.2) is 47.4 Å². The van der Waals surface area contributed by atoms with Crippen LogP contribution in [0, 0.1) is 25.6 Å². The molecule has 4 nitrogen and oxygen atoms in total. The first-order valence-corrected chi connectivity index (χ1v) is 9.74. The van der Waals surface area contributed by atoms with Gasteiger partial charge in [-0.05, 0) is 55.7 Å². The van der Waals surface area contributed by atoms with E-state index >= 15 is 0 Å². The molecule has 1 aliphatic heterocycles. The Hall–Kier alpha value is -1.76. The van der Waals surface area contributed by atoms with Crippen LogP contribution in [0.5, 0.6) is 0 Å². The summed E-state index contributed by atoms with van der Waals surface area (Å²) in [5, 5.41) is 9.74. The fourth-order valence-electron chi connectivity index (χ4n) is 3.51. The average Bonchev–Trinajstić information content (AvgIpc) is 3.00. The van der Waals surface area contributed by atoms with Gasteiger partial charge in [0.2, 0.25) is 10.0 Å². The monoisotopic (exact) mass is 363 g/mol. The molecule has 1 saturated heterocycles. The maximum atomic E-state index is 13.5. The van der Waals surface area contributed by atoms with E-state index in [9.17, 15) is 17.9 Å². The second-order valence-corrected chi connectivity index (χ2v) is 8.50. The lowest BCUT2D eigenvalue weighted by atomic mass is 9.92. The third-order valence-corrected chi connectivity index (χ3v) is 6.78. The van der Waals surface area contributed by atoms with E-state index in [-0.39, 0.29) is 23.2 Å². The Kier molecular flexibility index (Phi) is 4.95. The first-order chi connectivity index (χ1) is 11.8. The van der Waals surface area contributed by atoms with Gasteiger partial charge in [-0.25, -0.2) is 12.8 Å². The van der Waals surface area contributed by atoms with E-state index in [1.807, 2.05) is 6.92 Å². The molecule has 0 spiro atoms. The Balaban J connectivity index is 2.06. The molecular weight excluding hydrogens is 341 g/mol. The molecule has 1 N–H and O–H groups in total. The molecule has 134 valence electrons. The van der Waals surface area contributed by atoms with Crippen LogP contribution in [0.1, 0.15) is 29.2 Å². The molecule has 0 aliphatic carbocycles. The SMILES string of the molecule is Cc1ccc(S(=O)(=O)N2CC[C@@H](CO)[C@@H]2c2ccc(F)cc2C)cc1. The molecule has 3 rings (SSSR count). The molecule has 0 aromatic heterocycles. The fourth-order valence-corrected chi connectivity index (χ4v) is 5.19. The number of hydrogen-bond donors (Lipinski definition) is 1. The van der Waals surface area contributed by atoms with Crippen LogP contribution in [-0.4, -0.2) is 31.0 Å². The van der Waals surface area contributed by atoms with Crippen molar-refractivity contribution in [2.45, 2.75) is 31.2 Å². The van der Waals surface area contributed by atoms with Crippen LogP contribution < -0.4 is 0 Å². The summed E-state index contributed by atoms with van der Waals surface area (Å²) >= 11 is 0. The lowest BCUT2D eigenvalue weighted by molar-refractivity contribution is 0.199. The first kappa shape index (κ1) is 18.0. The van der Waals surface area contributed by atoms with E-state index in [0.717, 1.165) is 11.1 Å². The Morgan fingerprint density at radius 2 is 1.84 bits per heavy atom. The Labute approximate surface area is 148 Å². The quantitative estimate of drug-likeness (QED) is 0.908. The van der Waals surface area contributed by atoms with Crippen molar-refractivity contribution < 1.29 is 17.9 Å². The van der Waals surface area contributed by atoms with Crippen molar-refractivity contribution in [2.75, 3.05) is 13.2 Å². The van der Waals surface area contributed by atoms with Crippen molar-refractivity contribution in [1.29, 1.82) is 0 Å². The summed E-state index contributed by atoms with van der Waals surface area (Å²) in [7, 11) is -3.69. The number of aliphatic hydroxyl groups excluding tert-OH is 1. The first-order valence-electron chi connectivity index (χ1n) is 8.30. The zero-order valence-electron chi connectivity index (χ0n) is 14.3. The Morgan fingerprint density at radius 1 is 1.16 bits per heavy atom. The highest BCUT2D eigenvalue weighted by atomic mass is 32.2. The van der Waals surface area contributed by atoms with Gasteiger partial charge < -0.3 is 5.11 Å². The summed E-state index contributed by atoms with van der Waals surface area (Å²) in [4.78, 5) is 0.237. The summed E-state index contributed by atoms with van der Waals surface area (Å²) < 4.78 is 41.2. The van der Waals surface area contributed by atoms with Crippen molar-refractivity contribution in [3.63, 3.8) is 0 Å². The normalized spacial score (nSPS) is 21.6. The maximum absolute atomic E-state index is 13.5.